The third-order valence-corrected chi connectivity index (χ3v) is 1.72. The minimum absolute atomic E-state index is 0.433. The number of carbonyl (C=O) groups is 1. The van der Waals surface area contributed by atoms with Gasteiger partial charge in [-0.2, -0.15) is 0 Å². The largest absolute Gasteiger partial charge is 0.500 e. The number of nitrogens with zero attached hydrogens (tertiary/aromatic N) is 2. The summed E-state index contributed by atoms with van der Waals surface area (Å²) in [4.78, 5) is 23.0. The molecule has 0 fully saturated rings. The smallest absolute Gasteiger partial charge is 0.406 e. The van der Waals surface area contributed by atoms with E-state index in [4.69, 9.17) is 5.73 Å². The van der Waals surface area contributed by atoms with Crippen LogP contribution in [0.2, 0.25) is 0 Å². The predicted molar refractivity (Wildman–Crippen MR) is 46.0 cm³/mol. The van der Waals surface area contributed by atoms with Crippen LogP contribution < -0.4 is 5.73 Å². The van der Waals surface area contributed by atoms with E-state index in [0.29, 0.717) is 6.20 Å². The first-order valence-electron chi connectivity index (χ1n) is 3.80. The maximum Gasteiger partial charge on any atom is 0.406 e. The summed E-state index contributed by atoms with van der Waals surface area (Å²) < 4.78 is 24.7. The summed E-state index contributed by atoms with van der Waals surface area (Å²) in [5.41, 5.74) is 2.80. The number of aromatic hydroxyl groups is 1. The second-order valence-electron chi connectivity index (χ2n) is 2.68. The predicted octanol–water partition coefficient (Wildman–Crippen LogP) is 0.732. The van der Waals surface area contributed by atoms with E-state index in [-0.39, 0.29) is 0 Å². The molecule has 1 amide bonds. The Bertz CT molecular complexity index is 463. The van der Waals surface area contributed by atoms with Gasteiger partial charge in [-0.3, -0.25) is 4.79 Å². The fourth-order valence-electron chi connectivity index (χ4n) is 1.06. The Hall–Kier alpha value is -2.32. The van der Waals surface area contributed by atoms with Crippen molar-refractivity contribution in [3.05, 3.63) is 27.4 Å². The Labute approximate surface area is 86.7 Å². The number of halogens is 2. The van der Waals surface area contributed by atoms with Gasteiger partial charge in [0.2, 0.25) is 5.75 Å². The van der Waals surface area contributed by atoms with Crippen molar-refractivity contribution in [3.63, 3.8) is 0 Å². The van der Waals surface area contributed by atoms with Crippen molar-refractivity contribution in [2.75, 3.05) is 0 Å². The highest BCUT2D eigenvalue weighted by atomic mass is 19.3. The van der Waals surface area contributed by atoms with Crippen LogP contribution in [0.15, 0.2) is 6.20 Å². The Morgan fingerprint density at radius 2 is 2.19 bits per heavy atom. The number of rotatable bonds is 3. The van der Waals surface area contributed by atoms with Gasteiger partial charge in [0.1, 0.15) is 11.8 Å². The standard InChI is InChI=1S/C7H5F2N3O4/c8-5(9)2-1-11-7(12(15)16)4(13)3(2)6(10)14/h1,5,13H,(H2,10,14). The fourth-order valence-corrected chi connectivity index (χ4v) is 1.06. The molecule has 0 aliphatic heterocycles. The maximum atomic E-state index is 12.4. The van der Waals surface area contributed by atoms with Crippen molar-refractivity contribution in [2.45, 2.75) is 6.43 Å². The fraction of sp³-hybridized carbons (Fsp3) is 0.143. The van der Waals surface area contributed by atoms with Crippen LogP contribution in [0.5, 0.6) is 5.75 Å². The summed E-state index contributed by atoms with van der Waals surface area (Å²) in [6.07, 6.45) is -2.69. The van der Waals surface area contributed by atoms with E-state index >= 15 is 0 Å². The van der Waals surface area contributed by atoms with Crippen LogP contribution in [0.1, 0.15) is 22.3 Å². The molecule has 1 aromatic rings. The monoisotopic (exact) mass is 233 g/mol. The van der Waals surface area contributed by atoms with Crippen LogP contribution in [0.3, 0.4) is 0 Å². The molecule has 1 aromatic heterocycles. The van der Waals surface area contributed by atoms with Gasteiger partial charge < -0.3 is 21.0 Å². The third-order valence-electron chi connectivity index (χ3n) is 1.72. The van der Waals surface area contributed by atoms with Crippen molar-refractivity contribution in [3.8, 4) is 5.75 Å². The van der Waals surface area contributed by atoms with Crippen LogP contribution in [0.4, 0.5) is 14.6 Å². The van der Waals surface area contributed by atoms with E-state index in [0.717, 1.165) is 0 Å². The van der Waals surface area contributed by atoms with E-state index < -0.39 is 40.0 Å². The molecule has 3 N–H and O–H groups in total. The average molecular weight is 233 g/mol. The summed E-state index contributed by atoms with van der Waals surface area (Å²) in [5, 5.41) is 19.5. The highest BCUT2D eigenvalue weighted by Gasteiger charge is 2.29. The van der Waals surface area contributed by atoms with Gasteiger partial charge >= 0.3 is 5.82 Å². The van der Waals surface area contributed by atoms with E-state index in [9.17, 15) is 28.8 Å². The molecule has 1 heterocycles. The van der Waals surface area contributed by atoms with Gasteiger partial charge in [-0.15, -0.1) is 0 Å². The van der Waals surface area contributed by atoms with Crippen LogP contribution >= 0.6 is 0 Å². The van der Waals surface area contributed by atoms with Gasteiger partial charge in [0.05, 0.1) is 5.56 Å². The van der Waals surface area contributed by atoms with Gasteiger partial charge in [-0.25, -0.2) is 8.78 Å². The van der Waals surface area contributed by atoms with Crippen molar-refractivity contribution >= 4 is 11.7 Å². The summed E-state index contributed by atoms with van der Waals surface area (Å²) in [6.45, 7) is 0. The molecule has 9 heteroatoms. The molecule has 0 saturated carbocycles. The molecular formula is C7H5F2N3O4. The molecule has 0 atom stereocenters. The lowest BCUT2D eigenvalue weighted by atomic mass is 10.1. The van der Waals surface area contributed by atoms with Gasteiger partial charge in [0.25, 0.3) is 12.3 Å². The van der Waals surface area contributed by atoms with Crippen molar-refractivity contribution in [1.82, 2.24) is 4.98 Å². The lowest BCUT2D eigenvalue weighted by molar-refractivity contribution is -0.390. The lowest BCUT2D eigenvalue weighted by Crippen LogP contribution is -2.15. The second kappa shape index (κ2) is 4.04. The molecule has 0 aromatic carbocycles. The Morgan fingerprint density at radius 3 is 2.56 bits per heavy atom. The molecule has 0 aliphatic carbocycles. The number of pyridine rings is 1. The average Bonchev–Trinajstić information content (AvgIpc) is 2.15. The SMILES string of the molecule is NC(=O)c1c(C(F)F)cnc([N+](=O)[O-])c1O. The quantitative estimate of drug-likeness (QED) is 0.589. The number of hydrogen-bond donors (Lipinski definition) is 2. The van der Waals surface area contributed by atoms with Crippen molar-refractivity contribution in [1.29, 1.82) is 0 Å². The van der Waals surface area contributed by atoms with Crippen LogP contribution in [0.25, 0.3) is 0 Å². The summed E-state index contributed by atoms with van der Waals surface area (Å²) in [6, 6.07) is 0. The normalized spacial score (nSPS) is 10.4. The maximum absolute atomic E-state index is 12.4. The van der Waals surface area contributed by atoms with Crippen molar-refractivity contribution in [2.24, 2.45) is 5.73 Å². The Kier molecular flexibility index (Phi) is 2.97. The number of alkyl halides is 2. The number of amides is 1. The number of hydrogen-bond acceptors (Lipinski definition) is 5. The zero-order valence-electron chi connectivity index (χ0n) is 7.55. The van der Waals surface area contributed by atoms with E-state index in [1.165, 1.54) is 0 Å². The van der Waals surface area contributed by atoms with Gasteiger partial charge in [-0.1, -0.05) is 0 Å². The molecule has 7 nitrogen and oxygen atoms in total. The first kappa shape index (κ1) is 11.8. The van der Waals surface area contributed by atoms with E-state index in [1.54, 1.807) is 0 Å². The molecule has 0 aliphatic rings. The highest BCUT2D eigenvalue weighted by molar-refractivity contribution is 5.98. The molecule has 0 spiro atoms. The molecule has 0 radical (unpaired) electrons. The van der Waals surface area contributed by atoms with E-state index in [2.05, 4.69) is 4.98 Å². The molecule has 86 valence electrons. The summed E-state index contributed by atoms with van der Waals surface area (Å²) >= 11 is 0. The molecule has 0 saturated heterocycles. The topological polar surface area (TPSA) is 119 Å². The molecule has 1 rings (SSSR count). The Morgan fingerprint density at radius 1 is 1.62 bits per heavy atom. The lowest BCUT2D eigenvalue weighted by Gasteiger charge is -2.05. The zero-order valence-corrected chi connectivity index (χ0v) is 7.55. The van der Waals surface area contributed by atoms with Gasteiger partial charge in [-0.05, 0) is 9.91 Å². The third kappa shape index (κ3) is 1.87. The van der Waals surface area contributed by atoms with Crippen LogP contribution in [-0.4, -0.2) is 20.9 Å². The van der Waals surface area contributed by atoms with Crippen LogP contribution in [0, 0.1) is 10.1 Å². The van der Waals surface area contributed by atoms with Gasteiger partial charge in [0.15, 0.2) is 0 Å². The highest BCUT2D eigenvalue weighted by Crippen LogP contribution is 2.33. The summed E-state index contributed by atoms with van der Waals surface area (Å²) in [5.74, 6) is -3.74. The minimum atomic E-state index is -3.12. The summed E-state index contributed by atoms with van der Waals surface area (Å²) in [7, 11) is 0. The number of nitro groups is 1. The second-order valence-corrected chi connectivity index (χ2v) is 2.68. The minimum Gasteiger partial charge on any atom is -0.500 e. The van der Waals surface area contributed by atoms with Crippen LogP contribution in [-0.2, 0) is 0 Å². The van der Waals surface area contributed by atoms with Crippen molar-refractivity contribution < 1.29 is 23.6 Å². The molecule has 16 heavy (non-hydrogen) atoms. The zero-order chi connectivity index (χ0) is 12.5. The Balaban J connectivity index is 3.54. The molecule has 0 unspecified atom stereocenters. The number of carbonyl (C=O) groups excluding carboxylic acids is 1. The van der Waals surface area contributed by atoms with E-state index in [1.807, 2.05) is 0 Å². The first-order valence-corrected chi connectivity index (χ1v) is 3.80. The number of aromatic nitrogens is 1. The van der Waals surface area contributed by atoms with Gasteiger partial charge in [0, 0.05) is 0 Å². The number of nitrogens with two attached hydrogens (primary N) is 1. The molecule has 0 bridgehead atoms. The first-order chi connectivity index (χ1) is 7.36. The molecular weight excluding hydrogens is 228 g/mol. The number of primary amides is 1.